The maximum atomic E-state index is 9.97. The molecule has 0 bridgehead atoms. The lowest BCUT2D eigenvalue weighted by atomic mass is 9.99. The Bertz CT molecular complexity index is 314. The van der Waals surface area contributed by atoms with E-state index in [1.54, 1.807) is 0 Å². The van der Waals surface area contributed by atoms with Gasteiger partial charge >= 0.3 is 0 Å². The number of ether oxygens (including phenoxy) is 2. The first-order valence-electron chi connectivity index (χ1n) is 6.87. The molecule has 5 atom stereocenters. The second-order valence-corrected chi connectivity index (χ2v) is 11.6. The van der Waals surface area contributed by atoms with Crippen molar-refractivity contribution in [3.8, 4) is 0 Å². The van der Waals surface area contributed by atoms with Crippen molar-refractivity contribution in [2.45, 2.75) is 69.6 Å². The standard InChI is InChI=1S/C13H28O6Si/c1-13(2,3)20(5,6)18-7-8-9(14)10(15)11(16)12(17-4)19-8/h8-12,14-16H,7H2,1-6H3/t8-,9-,10+,11+,12+/m1/s1. The highest BCUT2D eigenvalue weighted by molar-refractivity contribution is 6.74. The summed E-state index contributed by atoms with van der Waals surface area (Å²) in [5.74, 6) is 0. The minimum atomic E-state index is -1.97. The van der Waals surface area contributed by atoms with Crippen molar-refractivity contribution >= 4 is 8.32 Å². The SMILES string of the molecule is CO[C@H]1O[C@H](CO[Si](C)(C)C(C)(C)C)[C@@H](O)[C@H](O)[C@@H]1O. The lowest BCUT2D eigenvalue weighted by Crippen LogP contribution is -2.60. The third-order valence-electron chi connectivity index (χ3n) is 4.32. The van der Waals surface area contributed by atoms with E-state index in [1.165, 1.54) is 7.11 Å². The Labute approximate surface area is 121 Å². The molecule has 0 unspecified atom stereocenters. The number of aliphatic hydroxyl groups is 3. The molecule has 20 heavy (non-hydrogen) atoms. The van der Waals surface area contributed by atoms with Gasteiger partial charge in [-0.05, 0) is 18.1 Å². The van der Waals surface area contributed by atoms with E-state index in [2.05, 4.69) is 33.9 Å². The minimum Gasteiger partial charge on any atom is -0.414 e. The van der Waals surface area contributed by atoms with Crippen molar-refractivity contribution in [2.24, 2.45) is 0 Å². The van der Waals surface area contributed by atoms with Crippen LogP contribution in [0.3, 0.4) is 0 Å². The first kappa shape index (κ1) is 18.0. The van der Waals surface area contributed by atoms with E-state index in [-0.39, 0.29) is 11.6 Å². The van der Waals surface area contributed by atoms with E-state index in [4.69, 9.17) is 13.9 Å². The van der Waals surface area contributed by atoms with Crippen LogP contribution in [-0.4, -0.2) is 68.1 Å². The second kappa shape index (κ2) is 6.39. The van der Waals surface area contributed by atoms with E-state index < -0.39 is 39.0 Å². The molecule has 0 spiro atoms. The summed E-state index contributed by atoms with van der Waals surface area (Å²) in [6.07, 6.45) is -5.43. The summed E-state index contributed by atoms with van der Waals surface area (Å²) in [6, 6.07) is 0. The molecule has 7 heteroatoms. The summed E-state index contributed by atoms with van der Waals surface area (Å²) in [7, 11) is -0.587. The van der Waals surface area contributed by atoms with Gasteiger partial charge in [0, 0.05) is 7.11 Å². The van der Waals surface area contributed by atoms with E-state index >= 15 is 0 Å². The molecule has 3 N–H and O–H groups in total. The monoisotopic (exact) mass is 308 g/mol. The predicted octanol–water partition coefficient (Wildman–Crippen LogP) is 0.462. The molecular formula is C13H28O6Si. The molecule has 0 radical (unpaired) electrons. The molecular weight excluding hydrogens is 280 g/mol. The van der Waals surface area contributed by atoms with Crippen LogP contribution in [0, 0.1) is 0 Å². The molecule has 1 aliphatic heterocycles. The van der Waals surface area contributed by atoms with Gasteiger partial charge in [-0.15, -0.1) is 0 Å². The van der Waals surface area contributed by atoms with Crippen LogP contribution in [0.15, 0.2) is 0 Å². The fraction of sp³-hybridized carbons (Fsp3) is 1.00. The molecule has 120 valence electrons. The Kier molecular flexibility index (Phi) is 5.76. The molecule has 1 rings (SSSR count). The van der Waals surface area contributed by atoms with E-state index in [0.717, 1.165) is 0 Å². The van der Waals surface area contributed by atoms with Gasteiger partial charge in [0.25, 0.3) is 0 Å². The quantitative estimate of drug-likeness (QED) is 0.654. The normalized spacial score (nSPS) is 36.1. The summed E-state index contributed by atoms with van der Waals surface area (Å²) >= 11 is 0. The zero-order valence-corrected chi connectivity index (χ0v) is 14.2. The number of methoxy groups -OCH3 is 1. The second-order valence-electron chi connectivity index (χ2n) is 6.82. The fourth-order valence-corrected chi connectivity index (χ4v) is 2.77. The molecule has 0 aromatic carbocycles. The van der Waals surface area contributed by atoms with Crippen LogP contribution in [0.5, 0.6) is 0 Å². The van der Waals surface area contributed by atoms with Gasteiger partial charge in [0.2, 0.25) is 0 Å². The number of rotatable bonds is 4. The largest absolute Gasteiger partial charge is 0.414 e. The number of hydrogen-bond donors (Lipinski definition) is 3. The average Bonchev–Trinajstić information content (AvgIpc) is 2.34. The van der Waals surface area contributed by atoms with Crippen LogP contribution in [0.25, 0.3) is 0 Å². The Hall–Kier alpha value is -0.0231. The highest BCUT2D eigenvalue weighted by atomic mass is 28.4. The Morgan fingerprint density at radius 1 is 1.05 bits per heavy atom. The van der Waals surface area contributed by atoms with E-state index in [0.29, 0.717) is 0 Å². The Morgan fingerprint density at radius 3 is 2.05 bits per heavy atom. The molecule has 1 fully saturated rings. The fourth-order valence-electron chi connectivity index (χ4n) is 1.76. The number of aliphatic hydroxyl groups excluding tert-OH is 3. The third-order valence-corrected chi connectivity index (χ3v) is 8.82. The highest BCUT2D eigenvalue weighted by Crippen LogP contribution is 2.37. The van der Waals surface area contributed by atoms with Gasteiger partial charge in [0.1, 0.15) is 24.4 Å². The molecule has 1 heterocycles. The van der Waals surface area contributed by atoms with Gasteiger partial charge < -0.3 is 29.2 Å². The molecule has 0 aromatic heterocycles. The maximum absolute atomic E-state index is 9.97. The summed E-state index contributed by atoms with van der Waals surface area (Å²) in [5, 5.41) is 29.5. The zero-order valence-electron chi connectivity index (χ0n) is 13.2. The van der Waals surface area contributed by atoms with Gasteiger partial charge in [-0.2, -0.15) is 0 Å². The van der Waals surface area contributed by atoms with Gasteiger partial charge in [0.15, 0.2) is 14.6 Å². The Morgan fingerprint density at radius 2 is 1.60 bits per heavy atom. The molecule has 6 nitrogen and oxygen atoms in total. The van der Waals surface area contributed by atoms with Crippen LogP contribution in [0.4, 0.5) is 0 Å². The lowest BCUT2D eigenvalue weighted by Gasteiger charge is -2.42. The maximum Gasteiger partial charge on any atom is 0.192 e. The molecule has 0 amide bonds. The van der Waals surface area contributed by atoms with E-state index in [1.807, 2.05) is 0 Å². The summed E-state index contributed by atoms with van der Waals surface area (Å²) in [4.78, 5) is 0. The summed E-state index contributed by atoms with van der Waals surface area (Å²) < 4.78 is 16.4. The average molecular weight is 308 g/mol. The molecule has 1 saturated heterocycles. The Balaban J connectivity index is 2.68. The van der Waals surface area contributed by atoms with E-state index in [9.17, 15) is 15.3 Å². The molecule has 0 aromatic rings. The van der Waals surface area contributed by atoms with Gasteiger partial charge in [-0.25, -0.2) is 0 Å². The van der Waals surface area contributed by atoms with Gasteiger partial charge in [0.05, 0.1) is 6.61 Å². The predicted molar refractivity (Wildman–Crippen MR) is 76.8 cm³/mol. The van der Waals surface area contributed by atoms with Gasteiger partial charge in [-0.3, -0.25) is 0 Å². The van der Waals surface area contributed by atoms with Crippen LogP contribution >= 0.6 is 0 Å². The van der Waals surface area contributed by atoms with Crippen molar-refractivity contribution < 1.29 is 29.2 Å². The minimum absolute atomic E-state index is 0.0470. The van der Waals surface area contributed by atoms with Crippen molar-refractivity contribution in [1.82, 2.24) is 0 Å². The summed E-state index contributed by atoms with van der Waals surface area (Å²) in [5.41, 5.74) is 0. The molecule has 0 aliphatic carbocycles. The van der Waals surface area contributed by atoms with Crippen LogP contribution < -0.4 is 0 Å². The summed E-state index contributed by atoms with van der Waals surface area (Å²) in [6.45, 7) is 10.7. The van der Waals surface area contributed by atoms with Crippen LogP contribution in [0.2, 0.25) is 18.1 Å². The smallest absolute Gasteiger partial charge is 0.192 e. The van der Waals surface area contributed by atoms with Crippen molar-refractivity contribution in [3.63, 3.8) is 0 Å². The lowest BCUT2D eigenvalue weighted by molar-refractivity contribution is -0.293. The van der Waals surface area contributed by atoms with Crippen LogP contribution in [0.1, 0.15) is 20.8 Å². The topological polar surface area (TPSA) is 88.4 Å². The first-order chi connectivity index (χ1) is 9.01. The van der Waals surface area contributed by atoms with Crippen molar-refractivity contribution in [1.29, 1.82) is 0 Å². The first-order valence-corrected chi connectivity index (χ1v) is 9.78. The van der Waals surface area contributed by atoms with Crippen LogP contribution in [-0.2, 0) is 13.9 Å². The zero-order chi connectivity index (χ0) is 15.7. The molecule has 1 aliphatic rings. The highest BCUT2D eigenvalue weighted by Gasteiger charge is 2.45. The third kappa shape index (κ3) is 3.79. The molecule has 0 saturated carbocycles. The van der Waals surface area contributed by atoms with Crippen molar-refractivity contribution in [2.75, 3.05) is 13.7 Å². The number of hydrogen-bond acceptors (Lipinski definition) is 6. The van der Waals surface area contributed by atoms with Crippen molar-refractivity contribution in [3.05, 3.63) is 0 Å². The van der Waals surface area contributed by atoms with Gasteiger partial charge in [-0.1, -0.05) is 20.8 Å².